The Kier molecular flexibility index (Phi) is 3.15. The van der Waals surface area contributed by atoms with Crippen LogP contribution < -0.4 is 0 Å². The Hall–Kier alpha value is -0.190. The van der Waals surface area contributed by atoms with Gasteiger partial charge in [0.2, 0.25) is 0 Å². The summed E-state index contributed by atoms with van der Waals surface area (Å²) >= 11 is 4.04. The summed E-state index contributed by atoms with van der Waals surface area (Å²) in [6, 6.07) is 4.37. The van der Waals surface area contributed by atoms with Crippen molar-refractivity contribution in [1.29, 1.82) is 0 Å². The Morgan fingerprint density at radius 3 is 2.83 bits per heavy atom. The molecule has 1 aliphatic heterocycles. The molecule has 1 aromatic rings. The number of pyridine rings is 1. The van der Waals surface area contributed by atoms with Crippen LogP contribution in [0.2, 0.25) is 0 Å². The lowest BCUT2D eigenvalue weighted by Gasteiger charge is -2.54. The van der Waals surface area contributed by atoms with Crippen molar-refractivity contribution in [1.82, 2.24) is 9.88 Å². The van der Waals surface area contributed by atoms with Crippen molar-refractivity contribution >= 4 is 23.5 Å². The Morgan fingerprint density at radius 2 is 2.11 bits per heavy atom. The zero-order valence-electron chi connectivity index (χ0n) is 11.3. The molecule has 2 nitrogen and oxygen atoms in total. The maximum absolute atomic E-state index is 4.73. The van der Waals surface area contributed by atoms with Gasteiger partial charge in [-0.3, -0.25) is 4.98 Å². The van der Waals surface area contributed by atoms with Gasteiger partial charge in [0, 0.05) is 24.0 Å². The first kappa shape index (κ1) is 12.8. The van der Waals surface area contributed by atoms with Crippen molar-refractivity contribution in [2.45, 2.75) is 22.3 Å². The second-order valence-corrected chi connectivity index (χ2v) is 8.09. The van der Waals surface area contributed by atoms with Crippen LogP contribution in [0.4, 0.5) is 0 Å². The van der Waals surface area contributed by atoms with Crippen LogP contribution in [-0.4, -0.2) is 47.3 Å². The predicted molar refractivity (Wildman–Crippen MR) is 81.5 cm³/mol. The van der Waals surface area contributed by atoms with Crippen LogP contribution in [-0.2, 0) is 11.2 Å². The van der Waals surface area contributed by atoms with Crippen molar-refractivity contribution in [3.63, 3.8) is 0 Å². The molecule has 98 valence electrons. The number of piperidine rings is 1. The zero-order chi connectivity index (χ0) is 12.8. The van der Waals surface area contributed by atoms with Gasteiger partial charge in [-0.15, -0.1) is 0 Å². The lowest BCUT2D eigenvalue weighted by atomic mass is 9.75. The number of fused-ring (bicyclic) bond motifs is 4. The van der Waals surface area contributed by atoms with Crippen molar-refractivity contribution in [3.05, 3.63) is 29.6 Å². The minimum atomic E-state index is 0.199. The number of aromatic nitrogens is 1. The molecule has 0 spiro atoms. The summed E-state index contributed by atoms with van der Waals surface area (Å²) in [4.78, 5) is 7.22. The van der Waals surface area contributed by atoms with Gasteiger partial charge in [0.25, 0.3) is 0 Å². The zero-order valence-corrected chi connectivity index (χ0v) is 12.9. The number of rotatable bonds is 2. The van der Waals surface area contributed by atoms with Crippen LogP contribution in [0, 0.1) is 0 Å². The molecular weight excluding hydrogens is 260 g/mol. The fraction of sp³-hybridized carbons (Fsp3) is 0.643. The number of hydrogen-bond acceptors (Lipinski definition) is 4. The molecule has 2 unspecified atom stereocenters. The molecule has 2 aliphatic rings. The van der Waals surface area contributed by atoms with Gasteiger partial charge < -0.3 is 4.90 Å². The lowest BCUT2D eigenvalue weighted by Crippen LogP contribution is -2.58. The van der Waals surface area contributed by atoms with Crippen LogP contribution >= 0.6 is 23.5 Å². The topological polar surface area (TPSA) is 16.1 Å². The third-order valence-electron chi connectivity index (χ3n) is 4.35. The van der Waals surface area contributed by atoms with E-state index in [0.29, 0.717) is 4.75 Å². The van der Waals surface area contributed by atoms with Crippen molar-refractivity contribution < 1.29 is 0 Å². The van der Waals surface area contributed by atoms with Crippen LogP contribution in [0.1, 0.15) is 17.7 Å². The quantitative estimate of drug-likeness (QED) is 0.827. The van der Waals surface area contributed by atoms with E-state index in [0.717, 1.165) is 6.54 Å². The van der Waals surface area contributed by atoms with Crippen molar-refractivity contribution in [2.75, 3.05) is 32.6 Å². The number of thioether (sulfide) groups is 2. The standard InChI is InChI=1S/C14H20N2S2/c1-16-9-13(17-2)7-11-5-4-6-15-12(11)14(8-13,10-16)18-3/h4-6H,7-10H2,1-3H3. The number of likely N-dealkylation sites (N-methyl/N-ethyl adjacent to an activating group) is 1. The van der Waals surface area contributed by atoms with E-state index >= 15 is 0 Å². The first-order chi connectivity index (χ1) is 8.63. The van der Waals surface area contributed by atoms with Gasteiger partial charge >= 0.3 is 0 Å². The van der Waals surface area contributed by atoms with Crippen LogP contribution in [0.25, 0.3) is 0 Å². The average Bonchev–Trinajstić information content (AvgIpc) is 2.38. The Morgan fingerprint density at radius 1 is 1.28 bits per heavy atom. The predicted octanol–water partition coefficient (Wildman–Crippen LogP) is 2.63. The minimum absolute atomic E-state index is 0.199. The number of likely N-dealkylation sites (tertiary alicyclic amines) is 1. The van der Waals surface area contributed by atoms with Gasteiger partial charge in [-0.1, -0.05) is 6.07 Å². The van der Waals surface area contributed by atoms with Gasteiger partial charge in [0.15, 0.2) is 0 Å². The normalized spacial score (nSPS) is 35.3. The molecule has 0 N–H and O–H groups in total. The van der Waals surface area contributed by atoms with Gasteiger partial charge in [0.05, 0.1) is 10.4 Å². The third-order valence-corrected chi connectivity index (χ3v) is 6.88. The highest BCUT2D eigenvalue weighted by atomic mass is 32.2. The fourth-order valence-electron chi connectivity index (χ4n) is 3.67. The molecule has 2 heterocycles. The van der Waals surface area contributed by atoms with Gasteiger partial charge in [-0.2, -0.15) is 23.5 Å². The summed E-state index contributed by atoms with van der Waals surface area (Å²) < 4.78 is 0.580. The molecule has 4 heteroatoms. The second kappa shape index (κ2) is 4.43. The van der Waals surface area contributed by atoms with E-state index in [9.17, 15) is 0 Å². The van der Waals surface area contributed by atoms with Gasteiger partial charge in [-0.05, 0) is 44.0 Å². The highest BCUT2D eigenvalue weighted by molar-refractivity contribution is 8.00. The van der Waals surface area contributed by atoms with E-state index in [-0.39, 0.29) is 4.75 Å². The fourth-order valence-corrected chi connectivity index (χ4v) is 5.95. The average molecular weight is 280 g/mol. The minimum Gasteiger partial charge on any atom is -0.303 e. The largest absolute Gasteiger partial charge is 0.303 e. The SMILES string of the molecule is CSC12Cc3cccnc3C(SC)(CN(C)C1)C2. The Bertz CT molecular complexity index is 465. The van der Waals surface area contributed by atoms with E-state index in [1.54, 1.807) is 0 Å². The molecule has 2 bridgehead atoms. The van der Waals surface area contributed by atoms with E-state index in [2.05, 4.69) is 36.6 Å². The summed E-state index contributed by atoms with van der Waals surface area (Å²) in [5.74, 6) is 0. The van der Waals surface area contributed by atoms with Crippen molar-refractivity contribution in [2.24, 2.45) is 0 Å². The summed E-state index contributed by atoms with van der Waals surface area (Å²) in [5.41, 5.74) is 2.81. The highest BCUT2D eigenvalue weighted by Gasteiger charge is 2.52. The van der Waals surface area contributed by atoms with E-state index in [1.165, 1.54) is 30.6 Å². The first-order valence-electron chi connectivity index (χ1n) is 6.36. The Labute approximate surface area is 118 Å². The number of nitrogens with zero attached hydrogens (tertiary/aromatic N) is 2. The molecule has 2 atom stereocenters. The van der Waals surface area contributed by atoms with Crippen LogP contribution in [0.3, 0.4) is 0 Å². The molecule has 1 saturated heterocycles. The number of hydrogen-bond donors (Lipinski definition) is 0. The molecule has 3 rings (SSSR count). The highest BCUT2D eigenvalue weighted by Crippen LogP contribution is 2.54. The van der Waals surface area contributed by atoms with E-state index in [4.69, 9.17) is 4.98 Å². The van der Waals surface area contributed by atoms with Gasteiger partial charge in [0.1, 0.15) is 0 Å². The lowest BCUT2D eigenvalue weighted by molar-refractivity contribution is 0.176. The van der Waals surface area contributed by atoms with Crippen molar-refractivity contribution in [3.8, 4) is 0 Å². The molecular formula is C14H20N2S2. The van der Waals surface area contributed by atoms with Crippen LogP contribution in [0.15, 0.2) is 18.3 Å². The monoisotopic (exact) mass is 280 g/mol. The van der Waals surface area contributed by atoms with E-state index in [1.807, 2.05) is 29.7 Å². The molecule has 0 amide bonds. The van der Waals surface area contributed by atoms with Gasteiger partial charge in [-0.25, -0.2) is 0 Å². The molecule has 1 fully saturated rings. The molecule has 0 aromatic carbocycles. The molecule has 1 aromatic heterocycles. The summed E-state index contributed by atoms with van der Waals surface area (Å²) in [6.45, 7) is 2.32. The molecule has 1 aliphatic carbocycles. The maximum Gasteiger partial charge on any atom is 0.0720 e. The van der Waals surface area contributed by atoms with Crippen LogP contribution in [0.5, 0.6) is 0 Å². The molecule has 0 radical (unpaired) electrons. The third kappa shape index (κ3) is 1.81. The summed E-state index contributed by atoms with van der Waals surface area (Å²) in [6.07, 6.45) is 8.90. The van der Waals surface area contributed by atoms with E-state index < -0.39 is 0 Å². The summed E-state index contributed by atoms with van der Waals surface area (Å²) in [5, 5.41) is 0. The summed E-state index contributed by atoms with van der Waals surface area (Å²) in [7, 11) is 2.25. The first-order valence-corrected chi connectivity index (χ1v) is 8.81. The maximum atomic E-state index is 4.73. The Balaban J connectivity index is 2.15. The molecule has 18 heavy (non-hydrogen) atoms. The molecule has 0 saturated carbocycles. The smallest absolute Gasteiger partial charge is 0.0720 e. The second-order valence-electron chi connectivity index (χ2n) is 5.62.